The zero-order valence-electron chi connectivity index (χ0n) is 13.3. The molecule has 0 aliphatic heterocycles. The van der Waals surface area contributed by atoms with Gasteiger partial charge in [-0.15, -0.1) is 0 Å². The molecule has 1 heterocycles. The van der Waals surface area contributed by atoms with E-state index in [4.69, 9.17) is 9.84 Å². The molecule has 5 nitrogen and oxygen atoms in total. The van der Waals surface area contributed by atoms with Crippen LogP contribution in [0.2, 0.25) is 0 Å². The normalized spacial score (nSPS) is 10.7. The van der Waals surface area contributed by atoms with Crippen LogP contribution in [-0.2, 0) is 12.8 Å². The summed E-state index contributed by atoms with van der Waals surface area (Å²) in [5.41, 5.74) is 3.32. The number of hydrogen-bond donors (Lipinski definition) is 2. The molecule has 0 aliphatic carbocycles. The van der Waals surface area contributed by atoms with E-state index < -0.39 is 0 Å². The number of aryl methyl sites for hydroxylation is 3. The van der Waals surface area contributed by atoms with E-state index in [1.165, 1.54) is 5.56 Å². The van der Waals surface area contributed by atoms with Crippen molar-refractivity contribution in [3.8, 4) is 5.75 Å². The summed E-state index contributed by atoms with van der Waals surface area (Å²) in [6.07, 6.45) is 0.857. The number of nitrogens with zero attached hydrogens (tertiary/aromatic N) is 1. The summed E-state index contributed by atoms with van der Waals surface area (Å²) in [5.74, 6) is 1.45. The van der Waals surface area contributed by atoms with Crippen molar-refractivity contribution in [3.05, 3.63) is 56.8 Å². The van der Waals surface area contributed by atoms with E-state index in [-0.39, 0.29) is 12.2 Å². The molecule has 5 heteroatoms. The van der Waals surface area contributed by atoms with E-state index in [0.717, 1.165) is 11.3 Å². The predicted molar refractivity (Wildman–Crippen MR) is 85.5 cm³/mol. The summed E-state index contributed by atoms with van der Waals surface area (Å²) in [4.78, 5) is 19.1. The van der Waals surface area contributed by atoms with Crippen LogP contribution in [0.5, 0.6) is 5.75 Å². The van der Waals surface area contributed by atoms with E-state index in [2.05, 4.69) is 16.0 Å². The first-order valence-electron chi connectivity index (χ1n) is 7.41. The smallest absolute Gasteiger partial charge is 0.254 e. The number of aromatic nitrogens is 2. The number of benzene rings is 1. The third-order valence-corrected chi connectivity index (χ3v) is 3.56. The summed E-state index contributed by atoms with van der Waals surface area (Å²) in [6.45, 7) is 6.24. The monoisotopic (exact) mass is 302 g/mol. The lowest BCUT2D eigenvalue weighted by Gasteiger charge is -2.10. The molecule has 0 atom stereocenters. The minimum atomic E-state index is -0.178. The molecule has 0 bridgehead atoms. The summed E-state index contributed by atoms with van der Waals surface area (Å²) in [6, 6.07) is 6.04. The molecule has 0 unspecified atom stereocenters. The van der Waals surface area contributed by atoms with Crippen LogP contribution in [0.1, 0.15) is 28.2 Å². The van der Waals surface area contributed by atoms with Crippen molar-refractivity contribution in [1.82, 2.24) is 9.97 Å². The van der Waals surface area contributed by atoms with Gasteiger partial charge in [0.1, 0.15) is 11.6 Å². The molecule has 2 N–H and O–H groups in total. The molecular formula is C17H22N2O3. The van der Waals surface area contributed by atoms with Crippen LogP contribution in [-0.4, -0.2) is 28.3 Å². The standard InChI is InChI=1S/C17H22N2O3/c1-11-4-5-15(12(2)10-11)22-9-7-16-18-13(3)14(6-8-20)17(21)19-16/h4-5,10,20H,6-9H2,1-3H3,(H,18,19,21). The lowest BCUT2D eigenvalue weighted by Crippen LogP contribution is -2.21. The number of aromatic amines is 1. The van der Waals surface area contributed by atoms with Gasteiger partial charge >= 0.3 is 0 Å². The second kappa shape index (κ2) is 7.22. The van der Waals surface area contributed by atoms with Crippen LogP contribution in [0.4, 0.5) is 0 Å². The highest BCUT2D eigenvalue weighted by Gasteiger charge is 2.08. The second-order valence-electron chi connectivity index (χ2n) is 5.42. The molecule has 0 radical (unpaired) electrons. The van der Waals surface area contributed by atoms with Gasteiger partial charge in [-0.2, -0.15) is 0 Å². The average Bonchev–Trinajstić information content (AvgIpc) is 2.45. The number of rotatable bonds is 6. The molecule has 0 amide bonds. The van der Waals surface area contributed by atoms with Crippen LogP contribution in [0, 0.1) is 20.8 Å². The maximum absolute atomic E-state index is 11.9. The van der Waals surface area contributed by atoms with Crippen LogP contribution >= 0.6 is 0 Å². The lowest BCUT2D eigenvalue weighted by atomic mass is 10.1. The highest BCUT2D eigenvalue weighted by Crippen LogP contribution is 2.18. The molecule has 22 heavy (non-hydrogen) atoms. The molecule has 0 saturated carbocycles. The zero-order valence-corrected chi connectivity index (χ0v) is 13.3. The Morgan fingerprint density at radius 3 is 2.64 bits per heavy atom. The number of aliphatic hydroxyl groups excluding tert-OH is 1. The van der Waals surface area contributed by atoms with Crippen molar-refractivity contribution < 1.29 is 9.84 Å². The van der Waals surface area contributed by atoms with Crippen LogP contribution in [0.25, 0.3) is 0 Å². The van der Waals surface area contributed by atoms with E-state index in [0.29, 0.717) is 36.5 Å². The van der Waals surface area contributed by atoms with Crippen molar-refractivity contribution in [2.24, 2.45) is 0 Å². The van der Waals surface area contributed by atoms with Gasteiger partial charge in [-0.05, 0) is 32.4 Å². The van der Waals surface area contributed by atoms with Crippen molar-refractivity contribution in [3.63, 3.8) is 0 Å². The maximum Gasteiger partial charge on any atom is 0.254 e. The Morgan fingerprint density at radius 1 is 1.23 bits per heavy atom. The molecule has 2 aromatic rings. The first kappa shape index (κ1) is 16.2. The van der Waals surface area contributed by atoms with E-state index >= 15 is 0 Å². The van der Waals surface area contributed by atoms with E-state index in [1.54, 1.807) is 6.92 Å². The van der Waals surface area contributed by atoms with Gasteiger partial charge in [0.15, 0.2) is 0 Å². The molecule has 0 fully saturated rings. The van der Waals surface area contributed by atoms with Gasteiger partial charge in [0, 0.05) is 30.7 Å². The van der Waals surface area contributed by atoms with Crippen molar-refractivity contribution >= 4 is 0 Å². The van der Waals surface area contributed by atoms with Gasteiger partial charge in [-0.1, -0.05) is 17.7 Å². The van der Waals surface area contributed by atoms with Crippen molar-refractivity contribution in [2.45, 2.75) is 33.6 Å². The fraction of sp³-hybridized carbons (Fsp3) is 0.412. The summed E-state index contributed by atoms with van der Waals surface area (Å²) < 4.78 is 5.75. The molecule has 0 aliphatic rings. The quantitative estimate of drug-likeness (QED) is 0.854. The third-order valence-electron chi connectivity index (χ3n) is 3.56. The van der Waals surface area contributed by atoms with Gasteiger partial charge in [0.2, 0.25) is 0 Å². The second-order valence-corrected chi connectivity index (χ2v) is 5.42. The van der Waals surface area contributed by atoms with Crippen molar-refractivity contribution in [1.29, 1.82) is 0 Å². The first-order chi connectivity index (χ1) is 10.5. The Bertz CT molecular complexity index is 708. The Labute approximate surface area is 130 Å². The van der Waals surface area contributed by atoms with E-state index in [9.17, 15) is 4.79 Å². The maximum atomic E-state index is 11.9. The van der Waals surface area contributed by atoms with Gasteiger partial charge in [0.05, 0.1) is 6.61 Å². The molecule has 2 rings (SSSR count). The topological polar surface area (TPSA) is 75.2 Å². The van der Waals surface area contributed by atoms with Crippen molar-refractivity contribution in [2.75, 3.05) is 13.2 Å². The Hall–Kier alpha value is -2.14. The lowest BCUT2D eigenvalue weighted by molar-refractivity contribution is 0.298. The first-order valence-corrected chi connectivity index (χ1v) is 7.41. The number of ether oxygens (including phenoxy) is 1. The molecule has 1 aromatic carbocycles. The van der Waals surface area contributed by atoms with E-state index in [1.807, 2.05) is 26.0 Å². The molecule has 118 valence electrons. The Balaban J connectivity index is 2.01. The largest absolute Gasteiger partial charge is 0.493 e. The third kappa shape index (κ3) is 3.95. The SMILES string of the molecule is Cc1ccc(OCCc2nc(C)c(CCO)c(=O)[nH]2)c(C)c1. The number of aliphatic hydroxyl groups is 1. The van der Waals surface area contributed by atoms with Crippen LogP contribution in [0.3, 0.4) is 0 Å². The fourth-order valence-corrected chi connectivity index (χ4v) is 2.41. The number of hydrogen-bond acceptors (Lipinski definition) is 4. The number of nitrogens with one attached hydrogen (secondary N) is 1. The highest BCUT2D eigenvalue weighted by molar-refractivity contribution is 5.35. The molecular weight excluding hydrogens is 280 g/mol. The minimum absolute atomic E-state index is 0.0548. The summed E-state index contributed by atoms with van der Waals surface area (Å²) >= 11 is 0. The molecule has 0 saturated heterocycles. The Morgan fingerprint density at radius 2 is 2.00 bits per heavy atom. The van der Waals surface area contributed by atoms with Gasteiger partial charge in [-0.3, -0.25) is 4.79 Å². The highest BCUT2D eigenvalue weighted by atomic mass is 16.5. The fourth-order valence-electron chi connectivity index (χ4n) is 2.41. The average molecular weight is 302 g/mol. The van der Waals surface area contributed by atoms with Crippen LogP contribution in [0.15, 0.2) is 23.0 Å². The zero-order chi connectivity index (χ0) is 16.1. The summed E-state index contributed by atoms with van der Waals surface area (Å²) in [5, 5.41) is 8.95. The van der Waals surface area contributed by atoms with Gasteiger partial charge in [-0.25, -0.2) is 4.98 Å². The summed E-state index contributed by atoms with van der Waals surface area (Å²) in [7, 11) is 0. The van der Waals surface area contributed by atoms with Crippen LogP contribution < -0.4 is 10.3 Å². The minimum Gasteiger partial charge on any atom is -0.493 e. The molecule has 1 aromatic heterocycles. The predicted octanol–water partition coefficient (Wildman–Crippen LogP) is 1.85. The van der Waals surface area contributed by atoms with Gasteiger partial charge < -0.3 is 14.8 Å². The van der Waals surface area contributed by atoms with Gasteiger partial charge in [0.25, 0.3) is 5.56 Å². The Kier molecular flexibility index (Phi) is 5.33. The molecule has 0 spiro atoms. The number of H-pyrrole nitrogens is 1.